The second-order valence-corrected chi connectivity index (χ2v) is 5.84. The average Bonchev–Trinajstić information content (AvgIpc) is 1.99. The molecule has 0 aliphatic heterocycles. The summed E-state index contributed by atoms with van der Waals surface area (Å²) in [7, 11) is 0. The maximum atomic E-state index is 10.3. The van der Waals surface area contributed by atoms with Gasteiger partial charge in [0.1, 0.15) is 0 Å². The molecule has 2 unspecified atom stereocenters. The van der Waals surface area contributed by atoms with Gasteiger partial charge in [-0.15, -0.1) is 0 Å². The smallest absolute Gasteiger partial charge is 0.0659 e. The second kappa shape index (κ2) is 2.29. The predicted molar refractivity (Wildman–Crippen MR) is 49.2 cm³/mol. The molecular formula is C11H18O2. The Kier molecular flexibility index (Phi) is 1.45. The van der Waals surface area contributed by atoms with Crippen molar-refractivity contribution in [2.24, 2.45) is 17.3 Å². The Hall–Kier alpha value is -0.0800. The molecule has 0 saturated heterocycles. The molecule has 4 aliphatic carbocycles. The minimum atomic E-state index is -0.396. The quantitative estimate of drug-likeness (QED) is 0.642. The third-order valence-corrected chi connectivity index (χ3v) is 4.49. The van der Waals surface area contributed by atoms with Crippen molar-refractivity contribution in [3.05, 3.63) is 0 Å². The largest absolute Gasteiger partial charge is 0.396 e. The lowest BCUT2D eigenvalue weighted by atomic mass is 9.48. The van der Waals surface area contributed by atoms with Crippen LogP contribution in [0.25, 0.3) is 0 Å². The van der Waals surface area contributed by atoms with Gasteiger partial charge in [-0.05, 0) is 55.8 Å². The van der Waals surface area contributed by atoms with Crippen LogP contribution >= 0.6 is 0 Å². The molecule has 0 radical (unpaired) electrons. The number of aliphatic hydroxyl groups excluding tert-OH is 1. The Morgan fingerprint density at radius 1 is 1.08 bits per heavy atom. The highest BCUT2D eigenvalue weighted by Gasteiger charge is 2.56. The molecule has 4 saturated carbocycles. The molecule has 4 bridgehead atoms. The Bertz CT molecular complexity index is 222. The first-order valence-corrected chi connectivity index (χ1v) is 5.46. The van der Waals surface area contributed by atoms with E-state index < -0.39 is 5.60 Å². The van der Waals surface area contributed by atoms with Crippen molar-refractivity contribution < 1.29 is 10.2 Å². The van der Waals surface area contributed by atoms with E-state index in [1.165, 1.54) is 19.3 Å². The standard InChI is InChI=1S/C11H18O2/c12-7-10-2-8-1-9(3-10)5-11(13,4-8)6-10/h8-9,12-13H,1-7H2. The zero-order valence-electron chi connectivity index (χ0n) is 8.00. The van der Waals surface area contributed by atoms with Crippen molar-refractivity contribution in [2.75, 3.05) is 6.61 Å². The SMILES string of the molecule is OCC12CC3CC(CC(O)(C3)C1)C2. The normalized spacial score (nSPS) is 58.6. The molecule has 0 aromatic heterocycles. The molecule has 0 amide bonds. The first kappa shape index (κ1) is 8.25. The molecule has 13 heavy (non-hydrogen) atoms. The Morgan fingerprint density at radius 3 is 2.15 bits per heavy atom. The summed E-state index contributed by atoms with van der Waals surface area (Å²) < 4.78 is 0. The van der Waals surface area contributed by atoms with Gasteiger partial charge in [0.15, 0.2) is 0 Å². The molecular weight excluding hydrogens is 164 g/mol. The van der Waals surface area contributed by atoms with Gasteiger partial charge in [0.25, 0.3) is 0 Å². The van der Waals surface area contributed by atoms with Gasteiger partial charge in [0, 0.05) is 6.61 Å². The van der Waals surface area contributed by atoms with Gasteiger partial charge in [0.2, 0.25) is 0 Å². The predicted octanol–water partition coefficient (Wildman–Crippen LogP) is 1.31. The fourth-order valence-corrected chi connectivity index (χ4v) is 4.59. The molecule has 4 fully saturated rings. The highest BCUT2D eigenvalue weighted by Crippen LogP contribution is 2.61. The summed E-state index contributed by atoms with van der Waals surface area (Å²) in [5.74, 6) is 1.41. The highest BCUT2D eigenvalue weighted by molar-refractivity contribution is 5.07. The van der Waals surface area contributed by atoms with Crippen molar-refractivity contribution in [1.29, 1.82) is 0 Å². The number of aliphatic hydroxyl groups is 2. The van der Waals surface area contributed by atoms with Crippen LogP contribution in [-0.2, 0) is 0 Å². The summed E-state index contributed by atoms with van der Waals surface area (Å²) in [5.41, 5.74) is -0.286. The topological polar surface area (TPSA) is 40.5 Å². The van der Waals surface area contributed by atoms with Crippen LogP contribution in [0.3, 0.4) is 0 Å². The van der Waals surface area contributed by atoms with Crippen LogP contribution < -0.4 is 0 Å². The van der Waals surface area contributed by atoms with Gasteiger partial charge < -0.3 is 10.2 Å². The van der Waals surface area contributed by atoms with Crippen molar-refractivity contribution in [3.8, 4) is 0 Å². The first-order valence-electron chi connectivity index (χ1n) is 5.46. The maximum absolute atomic E-state index is 10.3. The molecule has 0 aromatic rings. The zero-order chi connectivity index (χ0) is 9.10. The van der Waals surface area contributed by atoms with Crippen LogP contribution in [0.2, 0.25) is 0 Å². The van der Waals surface area contributed by atoms with Gasteiger partial charge in [-0.3, -0.25) is 0 Å². The molecule has 2 heteroatoms. The van der Waals surface area contributed by atoms with Crippen LogP contribution in [0.1, 0.15) is 38.5 Å². The zero-order valence-corrected chi connectivity index (χ0v) is 8.00. The van der Waals surface area contributed by atoms with Gasteiger partial charge in [-0.1, -0.05) is 0 Å². The Labute approximate surface area is 79.0 Å². The molecule has 4 rings (SSSR count). The third-order valence-electron chi connectivity index (χ3n) is 4.49. The molecule has 0 spiro atoms. The molecule has 2 nitrogen and oxygen atoms in total. The van der Waals surface area contributed by atoms with Crippen LogP contribution in [0.4, 0.5) is 0 Å². The van der Waals surface area contributed by atoms with E-state index in [1.807, 2.05) is 0 Å². The fraction of sp³-hybridized carbons (Fsp3) is 1.00. The molecule has 4 aliphatic rings. The van der Waals surface area contributed by atoms with Gasteiger partial charge >= 0.3 is 0 Å². The van der Waals surface area contributed by atoms with Crippen molar-refractivity contribution >= 4 is 0 Å². The van der Waals surface area contributed by atoms with E-state index in [4.69, 9.17) is 0 Å². The van der Waals surface area contributed by atoms with Gasteiger partial charge in [-0.2, -0.15) is 0 Å². The molecule has 0 aromatic carbocycles. The second-order valence-electron chi connectivity index (χ2n) is 5.84. The van der Waals surface area contributed by atoms with E-state index in [0.717, 1.165) is 19.3 Å². The summed E-state index contributed by atoms with van der Waals surface area (Å²) >= 11 is 0. The Morgan fingerprint density at radius 2 is 1.69 bits per heavy atom. The average molecular weight is 182 g/mol. The monoisotopic (exact) mass is 182 g/mol. The van der Waals surface area contributed by atoms with E-state index in [-0.39, 0.29) is 5.41 Å². The van der Waals surface area contributed by atoms with E-state index in [2.05, 4.69) is 0 Å². The number of hydrogen-bond donors (Lipinski definition) is 2. The Balaban J connectivity index is 1.95. The molecule has 0 heterocycles. The van der Waals surface area contributed by atoms with E-state index in [0.29, 0.717) is 18.4 Å². The van der Waals surface area contributed by atoms with Crippen LogP contribution in [-0.4, -0.2) is 22.4 Å². The van der Waals surface area contributed by atoms with Crippen LogP contribution in [0, 0.1) is 17.3 Å². The lowest BCUT2D eigenvalue weighted by molar-refractivity contribution is -0.174. The van der Waals surface area contributed by atoms with Crippen molar-refractivity contribution in [3.63, 3.8) is 0 Å². The minimum absolute atomic E-state index is 0.110. The van der Waals surface area contributed by atoms with Crippen molar-refractivity contribution in [1.82, 2.24) is 0 Å². The highest BCUT2D eigenvalue weighted by atomic mass is 16.3. The lowest BCUT2D eigenvalue weighted by Crippen LogP contribution is -2.56. The van der Waals surface area contributed by atoms with Gasteiger partial charge in [0.05, 0.1) is 5.60 Å². The fourth-order valence-electron chi connectivity index (χ4n) is 4.59. The summed E-state index contributed by atoms with van der Waals surface area (Å²) in [6, 6.07) is 0. The molecule has 2 N–H and O–H groups in total. The van der Waals surface area contributed by atoms with E-state index in [1.54, 1.807) is 0 Å². The number of hydrogen-bond acceptors (Lipinski definition) is 2. The van der Waals surface area contributed by atoms with Crippen LogP contribution in [0.5, 0.6) is 0 Å². The first-order chi connectivity index (χ1) is 6.13. The summed E-state index contributed by atoms with van der Waals surface area (Å²) in [4.78, 5) is 0. The summed E-state index contributed by atoms with van der Waals surface area (Å²) in [6.45, 7) is 0.294. The van der Waals surface area contributed by atoms with Crippen LogP contribution in [0.15, 0.2) is 0 Å². The molecule has 2 atom stereocenters. The van der Waals surface area contributed by atoms with Gasteiger partial charge in [-0.25, -0.2) is 0 Å². The lowest BCUT2D eigenvalue weighted by Gasteiger charge is -2.59. The van der Waals surface area contributed by atoms with E-state index in [9.17, 15) is 10.2 Å². The maximum Gasteiger partial charge on any atom is 0.0659 e. The summed E-state index contributed by atoms with van der Waals surface area (Å²) in [6.07, 6.45) is 6.52. The van der Waals surface area contributed by atoms with E-state index >= 15 is 0 Å². The molecule has 74 valence electrons. The van der Waals surface area contributed by atoms with Crippen molar-refractivity contribution in [2.45, 2.75) is 44.1 Å². The summed E-state index contributed by atoms with van der Waals surface area (Å²) in [5, 5.41) is 19.7. The minimum Gasteiger partial charge on any atom is -0.396 e. The number of rotatable bonds is 1. The third kappa shape index (κ3) is 1.08.